The van der Waals surface area contributed by atoms with E-state index in [1.54, 1.807) is 0 Å². The molecule has 104 valence electrons. The van der Waals surface area contributed by atoms with Gasteiger partial charge in [-0.05, 0) is 30.4 Å². The molecule has 1 aliphatic rings. The van der Waals surface area contributed by atoms with Crippen molar-refractivity contribution in [2.45, 2.75) is 25.3 Å². The largest absolute Gasteiger partial charge is 0.383 e. The standard InChI is InChI=1S/C14H17N5O/c15-18-13(9-20)6-16-5-12-8-19-7-11(10-1-2-10)3-4-14(19)17-12/h3-4,6-10,16,18H,1-2,5,15H2/b13-6-. The van der Waals surface area contributed by atoms with E-state index in [1.807, 2.05) is 12.3 Å². The van der Waals surface area contributed by atoms with Gasteiger partial charge in [-0.15, -0.1) is 0 Å². The summed E-state index contributed by atoms with van der Waals surface area (Å²) in [6, 6.07) is 4.20. The fourth-order valence-corrected chi connectivity index (χ4v) is 2.18. The van der Waals surface area contributed by atoms with Gasteiger partial charge in [0.15, 0.2) is 6.29 Å². The van der Waals surface area contributed by atoms with E-state index in [1.165, 1.54) is 24.6 Å². The van der Waals surface area contributed by atoms with Crippen molar-refractivity contribution < 1.29 is 4.79 Å². The maximum atomic E-state index is 10.6. The van der Waals surface area contributed by atoms with E-state index in [4.69, 9.17) is 5.84 Å². The van der Waals surface area contributed by atoms with Crippen LogP contribution in [0.1, 0.15) is 30.0 Å². The number of hydrogen-bond donors (Lipinski definition) is 3. The summed E-state index contributed by atoms with van der Waals surface area (Å²) in [6.07, 6.45) is 8.92. The molecule has 1 aliphatic carbocycles. The zero-order valence-electron chi connectivity index (χ0n) is 11.0. The molecule has 0 radical (unpaired) electrons. The fourth-order valence-electron chi connectivity index (χ4n) is 2.18. The summed E-state index contributed by atoms with van der Waals surface area (Å²) in [4.78, 5) is 15.1. The van der Waals surface area contributed by atoms with Crippen LogP contribution in [0.15, 0.2) is 36.4 Å². The second-order valence-corrected chi connectivity index (χ2v) is 4.98. The summed E-state index contributed by atoms with van der Waals surface area (Å²) >= 11 is 0. The fraction of sp³-hybridized carbons (Fsp3) is 0.286. The monoisotopic (exact) mass is 271 g/mol. The summed E-state index contributed by atoms with van der Waals surface area (Å²) in [5.41, 5.74) is 5.82. The number of nitrogens with two attached hydrogens (primary N) is 1. The van der Waals surface area contributed by atoms with E-state index in [-0.39, 0.29) is 0 Å². The first-order valence-electron chi connectivity index (χ1n) is 6.63. The third-order valence-electron chi connectivity index (χ3n) is 3.41. The quantitative estimate of drug-likeness (QED) is 0.313. The van der Waals surface area contributed by atoms with E-state index in [2.05, 4.69) is 32.4 Å². The molecule has 20 heavy (non-hydrogen) atoms. The lowest BCUT2D eigenvalue weighted by Crippen LogP contribution is -2.24. The number of aldehydes is 1. The highest BCUT2D eigenvalue weighted by Gasteiger charge is 2.23. The van der Waals surface area contributed by atoms with Crippen LogP contribution in [0.3, 0.4) is 0 Å². The van der Waals surface area contributed by atoms with Crippen LogP contribution in [0.2, 0.25) is 0 Å². The maximum Gasteiger partial charge on any atom is 0.168 e. The SMILES string of the molecule is NN/C(C=O)=C\NCc1cn2cc(C3CC3)ccc2n1. The predicted molar refractivity (Wildman–Crippen MR) is 75.5 cm³/mol. The van der Waals surface area contributed by atoms with Crippen molar-refractivity contribution in [3.8, 4) is 0 Å². The number of allylic oxidation sites excluding steroid dienone is 1. The Hall–Kier alpha value is -2.34. The van der Waals surface area contributed by atoms with Gasteiger partial charge in [-0.2, -0.15) is 0 Å². The van der Waals surface area contributed by atoms with Gasteiger partial charge in [0.05, 0.1) is 12.2 Å². The molecule has 3 rings (SSSR count). The first kappa shape index (κ1) is 12.7. The molecule has 0 spiro atoms. The van der Waals surface area contributed by atoms with Gasteiger partial charge in [0.1, 0.15) is 11.3 Å². The summed E-state index contributed by atoms with van der Waals surface area (Å²) in [5, 5.41) is 3.00. The molecule has 0 aromatic carbocycles. The van der Waals surface area contributed by atoms with Crippen LogP contribution in [0.5, 0.6) is 0 Å². The van der Waals surface area contributed by atoms with E-state index >= 15 is 0 Å². The van der Waals surface area contributed by atoms with Crippen molar-refractivity contribution in [3.05, 3.63) is 47.7 Å². The third-order valence-corrected chi connectivity index (χ3v) is 3.41. The van der Waals surface area contributed by atoms with Gasteiger partial charge in [0.25, 0.3) is 0 Å². The van der Waals surface area contributed by atoms with Gasteiger partial charge < -0.3 is 15.1 Å². The van der Waals surface area contributed by atoms with Crippen LogP contribution < -0.4 is 16.6 Å². The van der Waals surface area contributed by atoms with Crippen molar-refractivity contribution in [1.29, 1.82) is 0 Å². The zero-order chi connectivity index (χ0) is 13.9. The van der Waals surface area contributed by atoms with Crippen molar-refractivity contribution >= 4 is 11.9 Å². The first-order chi connectivity index (χ1) is 9.80. The molecule has 1 saturated carbocycles. The number of nitrogens with zero attached hydrogens (tertiary/aromatic N) is 2. The van der Waals surface area contributed by atoms with Crippen molar-refractivity contribution in [3.63, 3.8) is 0 Å². The van der Waals surface area contributed by atoms with E-state index in [9.17, 15) is 4.79 Å². The summed E-state index contributed by atoms with van der Waals surface area (Å²) in [7, 11) is 0. The number of nitrogens with one attached hydrogen (secondary N) is 2. The summed E-state index contributed by atoms with van der Waals surface area (Å²) in [5.74, 6) is 5.90. The lowest BCUT2D eigenvalue weighted by molar-refractivity contribution is -0.105. The number of fused-ring (bicyclic) bond motifs is 1. The van der Waals surface area contributed by atoms with Gasteiger partial charge in [0.2, 0.25) is 0 Å². The van der Waals surface area contributed by atoms with Gasteiger partial charge >= 0.3 is 0 Å². The van der Waals surface area contributed by atoms with Crippen LogP contribution in [0, 0.1) is 0 Å². The molecular weight excluding hydrogens is 254 g/mol. The number of hydrazine groups is 1. The van der Waals surface area contributed by atoms with E-state index in [0.717, 1.165) is 17.3 Å². The van der Waals surface area contributed by atoms with Gasteiger partial charge in [-0.3, -0.25) is 10.6 Å². The molecule has 0 atom stereocenters. The number of pyridine rings is 1. The highest BCUT2D eigenvalue weighted by atomic mass is 16.1. The highest BCUT2D eigenvalue weighted by molar-refractivity contribution is 5.71. The van der Waals surface area contributed by atoms with Crippen LogP contribution in [-0.4, -0.2) is 15.7 Å². The van der Waals surface area contributed by atoms with Crippen molar-refractivity contribution in [2.75, 3.05) is 0 Å². The minimum absolute atomic E-state index is 0.296. The molecule has 0 saturated heterocycles. The molecule has 2 aromatic heterocycles. The smallest absolute Gasteiger partial charge is 0.168 e. The molecule has 6 heteroatoms. The van der Waals surface area contributed by atoms with Crippen LogP contribution >= 0.6 is 0 Å². The van der Waals surface area contributed by atoms with Crippen LogP contribution in [0.4, 0.5) is 0 Å². The number of imidazole rings is 1. The summed E-state index contributed by atoms with van der Waals surface area (Å²) in [6.45, 7) is 0.541. The van der Waals surface area contributed by atoms with Gasteiger partial charge in [0, 0.05) is 18.6 Å². The lowest BCUT2D eigenvalue weighted by atomic mass is 10.2. The molecule has 0 aliphatic heterocycles. The zero-order valence-corrected chi connectivity index (χ0v) is 11.0. The average molecular weight is 271 g/mol. The van der Waals surface area contributed by atoms with E-state index in [0.29, 0.717) is 18.5 Å². The molecule has 0 unspecified atom stereocenters. The highest BCUT2D eigenvalue weighted by Crippen LogP contribution is 2.39. The number of aromatic nitrogens is 2. The minimum Gasteiger partial charge on any atom is -0.383 e. The van der Waals surface area contributed by atoms with Crippen LogP contribution in [0.25, 0.3) is 5.65 Å². The van der Waals surface area contributed by atoms with Gasteiger partial charge in [-0.25, -0.2) is 4.98 Å². The molecule has 2 heterocycles. The molecule has 4 N–H and O–H groups in total. The van der Waals surface area contributed by atoms with Crippen molar-refractivity contribution in [2.24, 2.45) is 5.84 Å². The molecule has 2 aromatic rings. The number of rotatable bonds is 6. The first-order valence-corrected chi connectivity index (χ1v) is 6.63. The molecular formula is C14H17N5O. The Bertz CT molecular complexity index is 657. The predicted octanol–water partition coefficient (Wildman–Crippen LogP) is 0.805. The average Bonchev–Trinajstić information content (AvgIpc) is 3.23. The van der Waals surface area contributed by atoms with E-state index < -0.39 is 0 Å². The Morgan fingerprint density at radius 2 is 2.30 bits per heavy atom. The normalized spacial score (nSPS) is 15.3. The lowest BCUT2D eigenvalue weighted by Gasteiger charge is -1.99. The topological polar surface area (TPSA) is 84.4 Å². The molecule has 0 amide bonds. The Morgan fingerprint density at radius 1 is 1.45 bits per heavy atom. The van der Waals surface area contributed by atoms with Crippen molar-refractivity contribution in [1.82, 2.24) is 20.1 Å². The van der Waals surface area contributed by atoms with Crippen LogP contribution in [-0.2, 0) is 11.3 Å². The second kappa shape index (κ2) is 5.34. The molecule has 1 fully saturated rings. The summed E-state index contributed by atoms with van der Waals surface area (Å²) < 4.78 is 2.05. The number of hydrogen-bond acceptors (Lipinski definition) is 5. The number of carbonyl (C=O) groups is 1. The van der Waals surface area contributed by atoms with Gasteiger partial charge in [-0.1, -0.05) is 6.07 Å². The maximum absolute atomic E-state index is 10.6. The Kier molecular flexibility index (Phi) is 3.39. The second-order valence-electron chi connectivity index (χ2n) is 4.98. The Balaban J connectivity index is 1.72. The third kappa shape index (κ3) is 2.65. The Morgan fingerprint density at radius 3 is 3.00 bits per heavy atom. The minimum atomic E-state index is 0.296. The Labute approximate surface area is 116 Å². The molecule has 0 bridgehead atoms. The number of carbonyl (C=O) groups excluding carboxylic acids is 1. The molecule has 6 nitrogen and oxygen atoms in total.